The summed E-state index contributed by atoms with van der Waals surface area (Å²) in [6.07, 6.45) is -4.59. The fourth-order valence-electron chi connectivity index (χ4n) is 2.51. The summed E-state index contributed by atoms with van der Waals surface area (Å²) >= 11 is 0. The lowest BCUT2D eigenvalue weighted by Gasteiger charge is -2.31. The molecule has 1 atom stereocenters. The first-order chi connectivity index (χ1) is 10.9. The van der Waals surface area contributed by atoms with E-state index in [1.807, 2.05) is 0 Å². The van der Waals surface area contributed by atoms with Crippen molar-refractivity contribution in [2.75, 3.05) is 19.7 Å². The molecule has 124 valence electrons. The van der Waals surface area contributed by atoms with Gasteiger partial charge in [-0.3, -0.25) is 4.90 Å². The van der Waals surface area contributed by atoms with Crippen LogP contribution in [-0.2, 0) is 17.5 Å². The molecule has 5 nitrogen and oxygen atoms in total. The Kier molecular flexibility index (Phi) is 4.36. The van der Waals surface area contributed by atoms with Crippen LogP contribution in [0.15, 0.2) is 28.8 Å². The van der Waals surface area contributed by atoms with Gasteiger partial charge in [-0.2, -0.15) is 18.2 Å². The highest BCUT2D eigenvalue weighted by Gasteiger charge is 2.30. The highest BCUT2D eigenvalue weighted by molar-refractivity contribution is 5.24. The van der Waals surface area contributed by atoms with E-state index in [-0.39, 0.29) is 6.10 Å². The second-order valence-corrected chi connectivity index (χ2v) is 5.46. The molecule has 2 aromatic rings. The number of rotatable bonds is 3. The van der Waals surface area contributed by atoms with Crippen molar-refractivity contribution < 1.29 is 22.4 Å². The van der Waals surface area contributed by atoms with E-state index in [2.05, 4.69) is 15.0 Å². The molecule has 0 amide bonds. The zero-order valence-electron chi connectivity index (χ0n) is 12.5. The third-order valence-electron chi connectivity index (χ3n) is 3.67. The maximum atomic E-state index is 12.6. The Morgan fingerprint density at radius 2 is 2.00 bits per heavy atom. The average Bonchev–Trinajstić information content (AvgIpc) is 2.94. The number of ether oxygens (including phenoxy) is 1. The van der Waals surface area contributed by atoms with Gasteiger partial charge >= 0.3 is 6.18 Å². The molecule has 0 N–H and O–H groups in total. The predicted molar refractivity (Wildman–Crippen MR) is 74.4 cm³/mol. The summed E-state index contributed by atoms with van der Waals surface area (Å²) in [5.74, 6) is 0.975. The SMILES string of the molecule is Cc1nc([C@H]2CN(Cc3ccc(C(F)(F)F)cc3)CCO2)no1. The van der Waals surface area contributed by atoms with Crippen molar-refractivity contribution >= 4 is 0 Å². The number of benzene rings is 1. The van der Waals surface area contributed by atoms with Crippen LogP contribution in [0.25, 0.3) is 0 Å². The van der Waals surface area contributed by atoms with Gasteiger partial charge in [0.2, 0.25) is 11.7 Å². The molecule has 23 heavy (non-hydrogen) atoms. The molecule has 3 rings (SSSR count). The van der Waals surface area contributed by atoms with Crippen molar-refractivity contribution in [3.05, 3.63) is 47.1 Å². The molecule has 1 aromatic heterocycles. The fraction of sp³-hybridized carbons (Fsp3) is 0.467. The molecular formula is C15H16F3N3O2. The first kappa shape index (κ1) is 15.9. The van der Waals surface area contributed by atoms with Crippen LogP contribution in [0.2, 0.25) is 0 Å². The number of alkyl halides is 3. The summed E-state index contributed by atoms with van der Waals surface area (Å²) in [5.41, 5.74) is 0.186. The van der Waals surface area contributed by atoms with Gasteiger partial charge in [-0.1, -0.05) is 17.3 Å². The number of nitrogens with zero attached hydrogens (tertiary/aromatic N) is 3. The van der Waals surface area contributed by atoms with Crippen molar-refractivity contribution in [1.82, 2.24) is 15.0 Å². The van der Waals surface area contributed by atoms with Gasteiger partial charge in [0.15, 0.2) is 0 Å². The maximum absolute atomic E-state index is 12.6. The summed E-state index contributed by atoms with van der Waals surface area (Å²) < 4.78 is 48.3. The van der Waals surface area contributed by atoms with E-state index in [4.69, 9.17) is 9.26 Å². The van der Waals surface area contributed by atoms with Crippen LogP contribution in [0.5, 0.6) is 0 Å². The van der Waals surface area contributed by atoms with Crippen LogP contribution in [-0.4, -0.2) is 34.7 Å². The first-order valence-electron chi connectivity index (χ1n) is 7.22. The van der Waals surface area contributed by atoms with E-state index in [0.717, 1.165) is 17.7 Å². The Balaban J connectivity index is 1.63. The van der Waals surface area contributed by atoms with Gasteiger partial charge in [-0.15, -0.1) is 0 Å². The number of hydrogen-bond donors (Lipinski definition) is 0. The van der Waals surface area contributed by atoms with Gasteiger partial charge in [-0.05, 0) is 17.7 Å². The first-order valence-corrected chi connectivity index (χ1v) is 7.22. The molecular weight excluding hydrogens is 311 g/mol. The summed E-state index contributed by atoms with van der Waals surface area (Å²) in [5, 5.41) is 3.86. The maximum Gasteiger partial charge on any atom is 0.416 e. The molecule has 1 aromatic carbocycles. The Hall–Kier alpha value is -1.93. The normalized spacial score (nSPS) is 19.9. The fourth-order valence-corrected chi connectivity index (χ4v) is 2.51. The van der Waals surface area contributed by atoms with Crippen molar-refractivity contribution in [2.24, 2.45) is 0 Å². The Bertz CT molecular complexity index is 655. The molecule has 1 aliphatic rings. The lowest BCUT2D eigenvalue weighted by molar-refractivity contribution is -0.137. The van der Waals surface area contributed by atoms with Gasteiger partial charge < -0.3 is 9.26 Å². The van der Waals surface area contributed by atoms with Crippen molar-refractivity contribution in [1.29, 1.82) is 0 Å². The summed E-state index contributed by atoms with van der Waals surface area (Å²) in [6.45, 7) is 4.04. The van der Waals surface area contributed by atoms with Gasteiger partial charge in [0.1, 0.15) is 6.10 Å². The molecule has 0 aliphatic carbocycles. The highest BCUT2D eigenvalue weighted by atomic mass is 19.4. The Labute approximate surface area is 131 Å². The van der Waals surface area contributed by atoms with Gasteiger partial charge in [-0.25, -0.2) is 0 Å². The lowest BCUT2D eigenvalue weighted by atomic mass is 10.1. The smallest absolute Gasteiger partial charge is 0.367 e. The van der Waals surface area contributed by atoms with Crippen LogP contribution in [0, 0.1) is 6.92 Å². The second-order valence-electron chi connectivity index (χ2n) is 5.46. The topological polar surface area (TPSA) is 51.4 Å². The standard InChI is InChI=1S/C15H16F3N3O2/c1-10-19-14(20-23-10)13-9-21(6-7-22-13)8-11-2-4-12(5-3-11)15(16,17)18/h2-5,13H,6-9H2,1H3/t13-/m1/s1. The van der Waals surface area contributed by atoms with Crippen LogP contribution in [0.3, 0.4) is 0 Å². The quantitative estimate of drug-likeness (QED) is 0.867. The molecule has 0 spiro atoms. The molecule has 1 fully saturated rings. The molecule has 0 saturated carbocycles. The Morgan fingerprint density at radius 3 is 2.61 bits per heavy atom. The van der Waals surface area contributed by atoms with Crippen molar-refractivity contribution in [2.45, 2.75) is 25.7 Å². The van der Waals surface area contributed by atoms with Crippen molar-refractivity contribution in [3.63, 3.8) is 0 Å². The zero-order chi connectivity index (χ0) is 16.4. The third kappa shape index (κ3) is 3.89. The predicted octanol–water partition coefficient (Wildman–Crippen LogP) is 2.97. The molecule has 1 aliphatic heterocycles. The van der Waals surface area contributed by atoms with Crippen LogP contribution < -0.4 is 0 Å². The minimum Gasteiger partial charge on any atom is -0.367 e. The summed E-state index contributed by atoms with van der Waals surface area (Å²) in [7, 11) is 0. The minimum atomic E-state index is -4.31. The number of morpholine rings is 1. The minimum absolute atomic E-state index is 0.282. The number of hydrogen-bond acceptors (Lipinski definition) is 5. The van der Waals surface area contributed by atoms with E-state index >= 15 is 0 Å². The van der Waals surface area contributed by atoms with E-state index in [0.29, 0.717) is 38.0 Å². The van der Waals surface area contributed by atoms with Crippen LogP contribution in [0.1, 0.15) is 28.9 Å². The Morgan fingerprint density at radius 1 is 1.26 bits per heavy atom. The molecule has 0 radical (unpaired) electrons. The van der Waals surface area contributed by atoms with Crippen LogP contribution >= 0.6 is 0 Å². The third-order valence-corrected chi connectivity index (χ3v) is 3.67. The molecule has 0 unspecified atom stereocenters. The van der Waals surface area contributed by atoms with Crippen LogP contribution in [0.4, 0.5) is 13.2 Å². The van der Waals surface area contributed by atoms with Gasteiger partial charge in [0, 0.05) is 26.6 Å². The van der Waals surface area contributed by atoms with E-state index < -0.39 is 11.7 Å². The number of aryl methyl sites for hydroxylation is 1. The highest BCUT2D eigenvalue weighted by Crippen LogP contribution is 2.29. The van der Waals surface area contributed by atoms with Gasteiger partial charge in [0.05, 0.1) is 12.2 Å². The largest absolute Gasteiger partial charge is 0.416 e. The average molecular weight is 327 g/mol. The molecule has 1 saturated heterocycles. The molecule has 0 bridgehead atoms. The van der Waals surface area contributed by atoms with Gasteiger partial charge in [0.25, 0.3) is 0 Å². The van der Waals surface area contributed by atoms with Crippen molar-refractivity contribution in [3.8, 4) is 0 Å². The van der Waals surface area contributed by atoms with E-state index in [9.17, 15) is 13.2 Å². The monoisotopic (exact) mass is 327 g/mol. The summed E-state index contributed by atoms with van der Waals surface area (Å²) in [4.78, 5) is 6.26. The summed E-state index contributed by atoms with van der Waals surface area (Å²) in [6, 6.07) is 5.23. The molecule has 2 heterocycles. The van der Waals surface area contributed by atoms with E-state index in [1.54, 1.807) is 6.92 Å². The number of halogens is 3. The number of aromatic nitrogens is 2. The zero-order valence-corrected chi connectivity index (χ0v) is 12.5. The lowest BCUT2D eigenvalue weighted by Crippen LogP contribution is -2.38. The molecule has 8 heteroatoms. The van der Waals surface area contributed by atoms with E-state index in [1.165, 1.54) is 12.1 Å². The second kappa shape index (κ2) is 6.29.